The van der Waals surface area contributed by atoms with Gasteiger partial charge in [-0.05, 0) is 61.9 Å². The molecule has 1 aliphatic heterocycles. The highest BCUT2D eigenvalue weighted by Crippen LogP contribution is 2.33. The number of carbonyl (C=O) groups is 1. The molecule has 2 atom stereocenters. The van der Waals surface area contributed by atoms with E-state index in [4.69, 9.17) is 4.74 Å². The van der Waals surface area contributed by atoms with E-state index >= 15 is 0 Å². The van der Waals surface area contributed by atoms with Crippen molar-refractivity contribution in [3.8, 4) is 28.8 Å². The molecule has 0 saturated heterocycles. The lowest BCUT2D eigenvalue weighted by Crippen LogP contribution is -2.52. The molecule has 0 saturated carbocycles. The molecule has 0 radical (unpaired) electrons. The number of halogens is 1. The van der Waals surface area contributed by atoms with Gasteiger partial charge in [-0.3, -0.25) is 9.20 Å². The molecule has 1 aliphatic rings. The summed E-state index contributed by atoms with van der Waals surface area (Å²) in [6.45, 7) is 3.24. The summed E-state index contributed by atoms with van der Waals surface area (Å²) in [7, 11) is 1.70. The molecule has 5 rings (SSSR count). The van der Waals surface area contributed by atoms with Crippen LogP contribution >= 0.6 is 11.3 Å². The van der Waals surface area contributed by atoms with E-state index in [0.717, 1.165) is 11.3 Å². The third kappa shape index (κ3) is 5.15. The maximum absolute atomic E-state index is 13.3. The number of ether oxygens (including phenoxy) is 1. The number of thiazole rings is 1. The average molecular weight is 521 g/mol. The van der Waals surface area contributed by atoms with Gasteiger partial charge in [0.15, 0.2) is 11.2 Å². The maximum Gasteiger partial charge on any atom is 0.272 e. The van der Waals surface area contributed by atoms with E-state index in [0.29, 0.717) is 22.0 Å². The summed E-state index contributed by atoms with van der Waals surface area (Å²) >= 11 is 1.37. The number of amides is 1. The number of likely N-dealkylation sites (N-methyl/N-ethyl adjacent to an activating group) is 1. The third-order valence-electron chi connectivity index (χ3n) is 5.92. The highest BCUT2D eigenvalue weighted by molar-refractivity contribution is 7.15. The number of nitrogens with zero attached hydrogens (tertiary/aromatic N) is 3. The first-order valence-electron chi connectivity index (χ1n) is 11.6. The fourth-order valence-corrected chi connectivity index (χ4v) is 4.86. The molecule has 10 heteroatoms. The van der Waals surface area contributed by atoms with Crippen molar-refractivity contribution in [3.05, 3.63) is 71.1 Å². The van der Waals surface area contributed by atoms with Gasteiger partial charge in [0.1, 0.15) is 35.5 Å². The lowest BCUT2D eigenvalue weighted by Gasteiger charge is -2.29. The molecule has 8 nitrogen and oxygen atoms in total. The van der Waals surface area contributed by atoms with Gasteiger partial charge in [0, 0.05) is 24.2 Å². The van der Waals surface area contributed by atoms with Crippen molar-refractivity contribution in [2.45, 2.75) is 31.7 Å². The highest BCUT2D eigenvalue weighted by atomic mass is 32.1. The number of imidazole rings is 1. The number of benzene rings is 2. The number of fused-ring (bicyclic) bond motifs is 2. The van der Waals surface area contributed by atoms with E-state index in [2.05, 4.69) is 22.1 Å². The molecule has 2 aromatic heterocycles. The molecule has 190 valence electrons. The normalized spacial score (nSPS) is 17.4. The lowest BCUT2D eigenvalue weighted by molar-refractivity contribution is 0.0768. The predicted molar refractivity (Wildman–Crippen MR) is 139 cm³/mol. The van der Waals surface area contributed by atoms with E-state index in [1.807, 2.05) is 5.38 Å². The number of hydrogen-bond acceptors (Lipinski definition) is 7. The minimum Gasteiger partial charge on any atom is -0.489 e. The largest absolute Gasteiger partial charge is 0.489 e. The molecule has 2 aromatic carbocycles. The minimum absolute atomic E-state index is 0.0436. The van der Waals surface area contributed by atoms with Gasteiger partial charge in [-0.1, -0.05) is 11.8 Å². The fraction of sp³-hybridized carbons (Fsp3) is 0.259. The zero-order valence-electron chi connectivity index (χ0n) is 20.4. The second-order valence-electron chi connectivity index (χ2n) is 9.31. The van der Waals surface area contributed by atoms with Gasteiger partial charge in [-0.2, -0.15) is 0 Å². The summed E-state index contributed by atoms with van der Waals surface area (Å²) in [5, 5.41) is 25.6. The molecule has 1 amide bonds. The van der Waals surface area contributed by atoms with Crippen LogP contribution in [-0.2, 0) is 0 Å². The van der Waals surface area contributed by atoms with Crippen LogP contribution < -0.4 is 15.0 Å². The number of nitrogens with one attached hydrogen (secondary N) is 1. The van der Waals surface area contributed by atoms with E-state index in [-0.39, 0.29) is 18.1 Å². The number of anilines is 1. The Hall–Kier alpha value is -3.91. The smallest absolute Gasteiger partial charge is 0.272 e. The Morgan fingerprint density at radius 2 is 2.03 bits per heavy atom. The van der Waals surface area contributed by atoms with Gasteiger partial charge in [0.2, 0.25) is 0 Å². The molecule has 37 heavy (non-hydrogen) atoms. The van der Waals surface area contributed by atoms with Gasteiger partial charge in [0.25, 0.3) is 5.91 Å². The quantitative estimate of drug-likeness (QED) is 0.359. The SMILES string of the molecule is CN1c2cc(C#CC(C)(C)O)ccc2OC[C@H](NC(=O)c2cn3c(-c4ccc(F)cc4)csc3n2)C1O. The summed E-state index contributed by atoms with van der Waals surface area (Å²) in [5.74, 6) is 5.45. The van der Waals surface area contributed by atoms with Crippen LogP contribution in [0.15, 0.2) is 54.0 Å². The van der Waals surface area contributed by atoms with Crippen LogP contribution in [0.25, 0.3) is 16.2 Å². The molecule has 3 N–H and O–H groups in total. The van der Waals surface area contributed by atoms with Crippen LogP contribution in [0.5, 0.6) is 5.75 Å². The first kappa shape index (κ1) is 24.8. The van der Waals surface area contributed by atoms with Crippen LogP contribution in [0.3, 0.4) is 0 Å². The molecule has 0 fully saturated rings. The van der Waals surface area contributed by atoms with E-state index in [1.54, 1.807) is 66.7 Å². The van der Waals surface area contributed by atoms with Crippen LogP contribution in [0, 0.1) is 17.7 Å². The van der Waals surface area contributed by atoms with Crippen molar-refractivity contribution in [1.29, 1.82) is 0 Å². The standard InChI is InChI=1S/C27H25FN4O4S/c1-27(2,35)11-10-16-4-9-23-21(12-16)31(3)25(34)20(14-36-23)29-24(33)19-13-32-22(15-37-26(32)30-19)17-5-7-18(28)8-6-17/h4-9,12-13,15,20,25,34-35H,14H2,1-3H3,(H,29,33)/t20-,25?/m0/s1. The topological polar surface area (TPSA) is 99.3 Å². The first-order chi connectivity index (χ1) is 17.6. The van der Waals surface area contributed by atoms with Crippen molar-refractivity contribution in [2.75, 3.05) is 18.6 Å². The number of rotatable bonds is 3. The molecule has 0 spiro atoms. The van der Waals surface area contributed by atoms with Gasteiger partial charge in [0.05, 0.1) is 11.4 Å². The van der Waals surface area contributed by atoms with Crippen LogP contribution in [0.4, 0.5) is 10.1 Å². The number of aliphatic hydroxyl groups is 2. The van der Waals surface area contributed by atoms with Crippen molar-refractivity contribution < 1.29 is 24.1 Å². The Morgan fingerprint density at radius 1 is 1.27 bits per heavy atom. The van der Waals surface area contributed by atoms with E-state index in [1.165, 1.54) is 23.5 Å². The molecular formula is C27H25FN4O4S. The van der Waals surface area contributed by atoms with Gasteiger partial charge in [-0.25, -0.2) is 9.37 Å². The summed E-state index contributed by atoms with van der Waals surface area (Å²) in [6.07, 6.45) is 0.539. The zero-order chi connectivity index (χ0) is 26.3. The molecular weight excluding hydrogens is 495 g/mol. The van der Waals surface area contributed by atoms with Crippen molar-refractivity contribution >= 4 is 27.9 Å². The van der Waals surface area contributed by atoms with Gasteiger partial charge in [-0.15, -0.1) is 11.3 Å². The van der Waals surface area contributed by atoms with Gasteiger partial charge >= 0.3 is 0 Å². The molecule has 1 unspecified atom stereocenters. The second kappa shape index (κ2) is 9.52. The van der Waals surface area contributed by atoms with Crippen LogP contribution in [0.1, 0.15) is 29.9 Å². The Kier molecular flexibility index (Phi) is 6.37. The Morgan fingerprint density at radius 3 is 2.76 bits per heavy atom. The van der Waals surface area contributed by atoms with Crippen LogP contribution in [-0.4, -0.2) is 57.0 Å². The number of aromatic nitrogens is 2. The molecule has 0 bridgehead atoms. The monoisotopic (exact) mass is 520 g/mol. The number of aliphatic hydroxyl groups excluding tert-OH is 1. The summed E-state index contributed by atoms with van der Waals surface area (Å²) in [4.78, 5) is 19.7. The Balaban J connectivity index is 1.34. The average Bonchev–Trinajstić information content (AvgIpc) is 3.43. The summed E-state index contributed by atoms with van der Waals surface area (Å²) in [5.41, 5.74) is 1.92. The molecule has 4 aromatic rings. The Labute approximate surface area is 217 Å². The van der Waals surface area contributed by atoms with Gasteiger partial charge < -0.3 is 25.2 Å². The first-order valence-corrected chi connectivity index (χ1v) is 12.4. The van der Waals surface area contributed by atoms with Crippen LogP contribution in [0.2, 0.25) is 0 Å². The van der Waals surface area contributed by atoms with Crippen molar-refractivity contribution in [2.24, 2.45) is 0 Å². The minimum atomic E-state index is -1.13. The van der Waals surface area contributed by atoms with E-state index in [9.17, 15) is 19.4 Å². The second-order valence-corrected chi connectivity index (χ2v) is 10.2. The Bertz CT molecular complexity index is 1530. The highest BCUT2D eigenvalue weighted by Gasteiger charge is 2.32. The van der Waals surface area contributed by atoms with Crippen molar-refractivity contribution in [3.63, 3.8) is 0 Å². The molecule has 0 aliphatic carbocycles. The fourth-order valence-electron chi connectivity index (χ4n) is 3.98. The van der Waals surface area contributed by atoms with Crippen molar-refractivity contribution in [1.82, 2.24) is 14.7 Å². The number of carbonyl (C=O) groups excluding carboxylic acids is 1. The molecule has 3 heterocycles. The zero-order valence-corrected chi connectivity index (χ0v) is 21.2. The summed E-state index contributed by atoms with van der Waals surface area (Å²) < 4.78 is 21.0. The predicted octanol–water partition coefficient (Wildman–Crippen LogP) is 3.27. The van der Waals surface area contributed by atoms with E-state index < -0.39 is 23.8 Å². The number of hydrogen-bond donors (Lipinski definition) is 3. The lowest BCUT2D eigenvalue weighted by atomic mass is 10.1. The third-order valence-corrected chi connectivity index (χ3v) is 6.76. The summed E-state index contributed by atoms with van der Waals surface area (Å²) in [6, 6.07) is 10.7. The maximum atomic E-state index is 13.3.